The summed E-state index contributed by atoms with van der Waals surface area (Å²) in [6.07, 6.45) is -2.19. The van der Waals surface area contributed by atoms with Gasteiger partial charge in [0.2, 0.25) is 0 Å². The van der Waals surface area contributed by atoms with Crippen LogP contribution in [0.25, 0.3) is 0 Å². The molecule has 0 amide bonds. The van der Waals surface area contributed by atoms with Crippen LogP contribution in [0.1, 0.15) is 19.3 Å². The Morgan fingerprint density at radius 1 is 1.62 bits per heavy atom. The average Bonchev–Trinajstić information content (AvgIpc) is 2.12. The van der Waals surface area contributed by atoms with Gasteiger partial charge in [-0.25, -0.2) is 13.2 Å². The molecule has 0 aromatic heterocycles. The van der Waals surface area contributed by atoms with Crippen LogP contribution in [0.3, 0.4) is 0 Å². The van der Waals surface area contributed by atoms with Gasteiger partial charge in [0.25, 0.3) is 0 Å². The van der Waals surface area contributed by atoms with Crippen molar-refractivity contribution in [2.75, 3.05) is 0 Å². The molecule has 3 N–H and O–H groups in total. The maximum absolute atomic E-state index is 13.2. The first-order chi connectivity index (χ1) is 7.40. The normalized spacial score (nSPS) is 23.0. The lowest BCUT2D eigenvalue weighted by atomic mass is 9.95. The van der Waals surface area contributed by atoms with E-state index in [1.165, 1.54) is 0 Å². The standard InChI is InChI=1S/C10H12F3NO2/c11-7-4-9(13)8(12)2-5(7)1-6(14)3-10(15)16/h4,6,8H,1-3,14H2,(H,15,16)/t6-,8?/m0/s1. The van der Waals surface area contributed by atoms with Gasteiger partial charge in [-0.3, -0.25) is 4.79 Å². The maximum Gasteiger partial charge on any atom is 0.304 e. The van der Waals surface area contributed by atoms with Gasteiger partial charge in [-0.15, -0.1) is 0 Å². The quantitative estimate of drug-likeness (QED) is 0.783. The number of halogens is 3. The number of aliphatic carboxylic acids is 1. The summed E-state index contributed by atoms with van der Waals surface area (Å²) in [6.45, 7) is 0. The summed E-state index contributed by atoms with van der Waals surface area (Å²) in [6, 6.07) is -0.792. The first kappa shape index (κ1) is 12.8. The van der Waals surface area contributed by atoms with Gasteiger partial charge in [0.15, 0.2) is 6.17 Å². The lowest BCUT2D eigenvalue weighted by Crippen LogP contribution is -2.25. The van der Waals surface area contributed by atoms with Crippen LogP contribution < -0.4 is 5.73 Å². The number of rotatable bonds is 4. The fourth-order valence-corrected chi connectivity index (χ4v) is 1.52. The van der Waals surface area contributed by atoms with Crippen molar-refractivity contribution in [2.24, 2.45) is 5.73 Å². The Kier molecular flexibility index (Phi) is 4.12. The lowest BCUT2D eigenvalue weighted by molar-refractivity contribution is -0.137. The molecule has 0 aliphatic heterocycles. The molecule has 0 spiro atoms. The van der Waals surface area contributed by atoms with Crippen molar-refractivity contribution < 1.29 is 23.1 Å². The summed E-state index contributed by atoms with van der Waals surface area (Å²) in [5.74, 6) is -3.11. The molecule has 0 bridgehead atoms. The smallest absolute Gasteiger partial charge is 0.304 e. The summed E-state index contributed by atoms with van der Waals surface area (Å²) in [7, 11) is 0. The molecule has 0 aromatic carbocycles. The van der Waals surface area contributed by atoms with Crippen molar-refractivity contribution in [3.63, 3.8) is 0 Å². The Morgan fingerprint density at radius 2 is 2.25 bits per heavy atom. The predicted molar refractivity (Wildman–Crippen MR) is 51.7 cm³/mol. The van der Waals surface area contributed by atoms with E-state index in [9.17, 15) is 18.0 Å². The Hall–Kier alpha value is -1.30. The van der Waals surface area contributed by atoms with E-state index in [0.29, 0.717) is 6.08 Å². The molecular weight excluding hydrogens is 223 g/mol. The highest BCUT2D eigenvalue weighted by Gasteiger charge is 2.25. The van der Waals surface area contributed by atoms with Crippen molar-refractivity contribution in [2.45, 2.75) is 31.5 Å². The molecule has 6 heteroatoms. The van der Waals surface area contributed by atoms with Gasteiger partial charge in [0.05, 0.1) is 6.42 Å². The van der Waals surface area contributed by atoms with Gasteiger partial charge in [-0.1, -0.05) is 0 Å². The Morgan fingerprint density at radius 3 is 2.81 bits per heavy atom. The highest BCUT2D eigenvalue weighted by molar-refractivity contribution is 5.67. The summed E-state index contributed by atoms with van der Waals surface area (Å²) in [5, 5.41) is 8.44. The minimum atomic E-state index is -1.86. The Balaban J connectivity index is 2.67. The molecule has 0 aromatic rings. The van der Waals surface area contributed by atoms with E-state index in [0.717, 1.165) is 0 Å². The van der Waals surface area contributed by atoms with E-state index in [4.69, 9.17) is 10.8 Å². The molecule has 1 unspecified atom stereocenters. The lowest BCUT2D eigenvalue weighted by Gasteiger charge is -2.18. The molecule has 1 aliphatic rings. The molecule has 90 valence electrons. The topological polar surface area (TPSA) is 63.3 Å². The van der Waals surface area contributed by atoms with Gasteiger partial charge in [0.1, 0.15) is 11.7 Å². The second-order valence-electron chi connectivity index (χ2n) is 3.71. The number of allylic oxidation sites excluding steroid dienone is 3. The third-order valence-electron chi connectivity index (χ3n) is 2.27. The van der Waals surface area contributed by atoms with E-state index in [1.807, 2.05) is 0 Å². The van der Waals surface area contributed by atoms with E-state index in [2.05, 4.69) is 0 Å². The molecule has 1 rings (SSSR count). The summed E-state index contributed by atoms with van der Waals surface area (Å²) >= 11 is 0. The van der Waals surface area contributed by atoms with Gasteiger partial charge in [-0.05, 0) is 12.0 Å². The predicted octanol–water partition coefficient (Wildman–Crippen LogP) is 2.00. The van der Waals surface area contributed by atoms with Crippen molar-refractivity contribution in [3.8, 4) is 0 Å². The SMILES string of the molecule is N[C@H](CC(=O)O)CC1=C(F)C=C(F)C(F)C1. The number of carbonyl (C=O) groups is 1. The van der Waals surface area contributed by atoms with Crippen molar-refractivity contribution >= 4 is 5.97 Å². The second kappa shape index (κ2) is 5.16. The van der Waals surface area contributed by atoms with Crippen LogP contribution >= 0.6 is 0 Å². The maximum atomic E-state index is 13.2. The first-order valence-corrected chi connectivity index (χ1v) is 4.76. The Labute approximate surface area is 90.4 Å². The fourth-order valence-electron chi connectivity index (χ4n) is 1.52. The number of hydrogen-bond acceptors (Lipinski definition) is 2. The summed E-state index contributed by atoms with van der Waals surface area (Å²) < 4.78 is 38.7. The molecule has 0 heterocycles. The Bertz CT molecular complexity index is 352. The average molecular weight is 235 g/mol. The number of nitrogens with two attached hydrogens (primary N) is 1. The van der Waals surface area contributed by atoms with Crippen molar-refractivity contribution in [1.29, 1.82) is 0 Å². The molecule has 0 radical (unpaired) electrons. The zero-order chi connectivity index (χ0) is 12.3. The molecule has 16 heavy (non-hydrogen) atoms. The first-order valence-electron chi connectivity index (χ1n) is 4.76. The molecular formula is C10H12F3NO2. The van der Waals surface area contributed by atoms with Crippen molar-refractivity contribution in [1.82, 2.24) is 0 Å². The molecule has 0 saturated heterocycles. The van der Waals surface area contributed by atoms with Crippen LogP contribution in [0.15, 0.2) is 23.3 Å². The van der Waals surface area contributed by atoms with Crippen LogP contribution in [0.2, 0.25) is 0 Å². The fraction of sp³-hybridized carbons (Fsp3) is 0.500. The van der Waals surface area contributed by atoms with Crippen LogP contribution in [0, 0.1) is 0 Å². The number of alkyl halides is 1. The van der Waals surface area contributed by atoms with E-state index in [-0.39, 0.29) is 18.4 Å². The third-order valence-corrected chi connectivity index (χ3v) is 2.27. The van der Waals surface area contributed by atoms with Crippen LogP contribution in [0.5, 0.6) is 0 Å². The molecule has 1 aliphatic carbocycles. The molecule has 0 saturated carbocycles. The highest BCUT2D eigenvalue weighted by atomic mass is 19.2. The van der Waals surface area contributed by atoms with Gasteiger partial charge < -0.3 is 10.8 Å². The third kappa shape index (κ3) is 3.37. The minimum absolute atomic E-state index is 0.0302. The summed E-state index contributed by atoms with van der Waals surface area (Å²) in [4.78, 5) is 10.3. The van der Waals surface area contributed by atoms with E-state index in [1.54, 1.807) is 0 Å². The monoisotopic (exact) mass is 235 g/mol. The highest BCUT2D eigenvalue weighted by Crippen LogP contribution is 2.30. The van der Waals surface area contributed by atoms with Crippen LogP contribution in [0.4, 0.5) is 13.2 Å². The van der Waals surface area contributed by atoms with Gasteiger partial charge >= 0.3 is 5.97 Å². The number of carboxylic acids is 1. The van der Waals surface area contributed by atoms with Crippen LogP contribution in [-0.4, -0.2) is 23.3 Å². The van der Waals surface area contributed by atoms with Gasteiger partial charge in [0, 0.05) is 18.5 Å². The summed E-state index contributed by atoms with van der Waals surface area (Å²) in [5.41, 5.74) is 5.46. The molecule has 2 atom stereocenters. The van der Waals surface area contributed by atoms with E-state index >= 15 is 0 Å². The second-order valence-corrected chi connectivity index (χ2v) is 3.71. The minimum Gasteiger partial charge on any atom is -0.481 e. The van der Waals surface area contributed by atoms with Gasteiger partial charge in [-0.2, -0.15) is 0 Å². The largest absolute Gasteiger partial charge is 0.481 e. The molecule has 0 fully saturated rings. The zero-order valence-corrected chi connectivity index (χ0v) is 8.42. The molecule has 3 nitrogen and oxygen atoms in total. The number of carboxylic acid groups (broad SMARTS) is 1. The van der Waals surface area contributed by atoms with Crippen LogP contribution in [-0.2, 0) is 4.79 Å². The number of hydrogen-bond donors (Lipinski definition) is 2. The zero-order valence-electron chi connectivity index (χ0n) is 8.42. The van der Waals surface area contributed by atoms with Crippen molar-refractivity contribution in [3.05, 3.63) is 23.3 Å². The van der Waals surface area contributed by atoms with E-state index < -0.39 is 36.3 Å².